The first kappa shape index (κ1) is 17.2. The van der Waals surface area contributed by atoms with Gasteiger partial charge in [-0.3, -0.25) is 4.79 Å². The second-order valence-electron chi connectivity index (χ2n) is 5.63. The Morgan fingerprint density at radius 1 is 1.17 bits per heavy atom. The van der Waals surface area contributed by atoms with Crippen LogP contribution in [0.2, 0.25) is 0 Å². The van der Waals surface area contributed by atoms with Crippen LogP contribution in [0.3, 0.4) is 0 Å². The minimum atomic E-state index is -0.00986. The van der Waals surface area contributed by atoms with Gasteiger partial charge in [0.2, 0.25) is 5.91 Å². The molecule has 5 heteroatoms. The van der Waals surface area contributed by atoms with Gasteiger partial charge in [-0.25, -0.2) is 0 Å². The van der Waals surface area contributed by atoms with Crippen molar-refractivity contribution in [3.8, 4) is 5.75 Å². The van der Waals surface area contributed by atoms with Gasteiger partial charge in [0.1, 0.15) is 5.75 Å². The molecule has 3 rings (SSSR count). The zero-order valence-electron chi connectivity index (χ0n) is 13.7. The van der Waals surface area contributed by atoms with Gasteiger partial charge in [-0.05, 0) is 53.3 Å². The van der Waals surface area contributed by atoms with E-state index in [0.717, 1.165) is 17.0 Å². The van der Waals surface area contributed by atoms with Crippen molar-refractivity contribution >= 4 is 35.1 Å². The molecule has 126 valence electrons. The average molecular weight is 360 g/mol. The van der Waals surface area contributed by atoms with Gasteiger partial charge in [0, 0.05) is 5.69 Å². The molecule has 1 heterocycles. The second-order valence-corrected chi connectivity index (χ2v) is 8.35. The Balaban J connectivity index is 1.63. The van der Waals surface area contributed by atoms with Crippen LogP contribution in [0, 0.1) is 0 Å². The number of anilines is 1. The van der Waals surface area contributed by atoms with E-state index in [1.807, 2.05) is 59.9 Å². The summed E-state index contributed by atoms with van der Waals surface area (Å²) in [5.74, 6) is 3.19. The van der Waals surface area contributed by atoms with Crippen molar-refractivity contribution in [1.29, 1.82) is 0 Å². The van der Waals surface area contributed by atoms with Gasteiger partial charge < -0.3 is 10.1 Å². The van der Waals surface area contributed by atoms with E-state index in [1.165, 1.54) is 23.5 Å². The molecule has 1 fully saturated rings. The summed E-state index contributed by atoms with van der Waals surface area (Å²) >= 11 is 3.97. The predicted octanol–water partition coefficient (Wildman–Crippen LogP) is 4.75. The van der Waals surface area contributed by atoms with Crippen LogP contribution in [0.15, 0.2) is 48.5 Å². The highest BCUT2D eigenvalue weighted by atomic mass is 32.2. The van der Waals surface area contributed by atoms with Crippen LogP contribution in [-0.2, 0) is 11.2 Å². The lowest BCUT2D eigenvalue weighted by Crippen LogP contribution is -2.14. The van der Waals surface area contributed by atoms with Crippen LogP contribution in [0.5, 0.6) is 5.75 Å². The number of hydrogen-bond acceptors (Lipinski definition) is 4. The van der Waals surface area contributed by atoms with Crippen LogP contribution in [-0.4, -0.2) is 24.5 Å². The first-order valence-electron chi connectivity index (χ1n) is 8.00. The lowest BCUT2D eigenvalue weighted by Gasteiger charge is -2.21. The van der Waals surface area contributed by atoms with Crippen LogP contribution >= 0.6 is 23.5 Å². The molecule has 0 spiro atoms. The van der Waals surface area contributed by atoms with Crippen LogP contribution < -0.4 is 10.1 Å². The minimum absolute atomic E-state index is 0.00986. The fourth-order valence-corrected chi connectivity index (χ4v) is 5.49. The summed E-state index contributed by atoms with van der Waals surface area (Å²) in [5.41, 5.74) is 3.09. The molecule has 1 N–H and O–H groups in total. The first-order valence-corrected chi connectivity index (χ1v) is 10.1. The van der Waals surface area contributed by atoms with E-state index < -0.39 is 0 Å². The standard InChI is InChI=1S/C19H21NO2S2/c1-22-17-8-2-5-14(11-17)12-18(21)20-16-7-3-6-15(13-16)19-23-9-4-10-24-19/h2-3,5-8,11,13,19H,4,9-10,12H2,1H3,(H,20,21). The Morgan fingerprint density at radius 2 is 1.96 bits per heavy atom. The third kappa shape index (κ3) is 4.71. The van der Waals surface area contributed by atoms with E-state index in [1.54, 1.807) is 7.11 Å². The smallest absolute Gasteiger partial charge is 0.228 e. The molecule has 1 amide bonds. The maximum absolute atomic E-state index is 12.3. The molecule has 0 atom stereocenters. The Bertz CT molecular complexity index is 699. The molecule has 2 aromatic rings. The molecule has 0 bridgehead atoms. The van der Waals surface area contributed by atoms with Crippen LogP contribution in [0.1, 0.15) is 22.1 Å². The molecule has 3 nitrogen and oxygen atoms in total. The van der Waals surface area contributed by atoms with Gasteiger partial charge in [0.25, 0.3) is 0 Å². The molecule has 1 saturated heterocycles. The van der Waals surface area contributed by atoms with Crippen molar-refractivity contribution < 1.29 is 9.53 Å². The van der Waals surface area contributed by atoms with Crippen molar-refractivity contribution in [2.75, 3.05) is 23.9 Å². The normalized spacial score (nSPS) is 15.0. The quantitative estimate of drug-likeness (QED) is 0.836. The van der Waals surface area contributed by atoms with Gasteiger partial charge in [-0.15, -0.1) is 23.5 Å². The summed E-state index contributed by atoms with van der Waals surface area (Å²) in [6, 6.07) is 15.8. The van der Waals surface area contributed by atoms with Gasteiger partial charge in [0.05, 0.1) is 18.1 Å². The molecule has 1 aliphatic heterocycles. The topological polar surface area (TPSA) is 38.3 Å². The van der Waals surface area contributed by atoms with E-state index in [4.69, 9.17) is 4.74 Å². The maximum atomic E-state index is 12.3. The fourth-order valence-electron chi connectivity index (χ4n) is 2.62. The molecule has 0 unspecified atom stereocenters. The van der Waals surface area contributed by atoms with Gasteiger partial charge >= 0.3 is 0 Å². The highest BCUT2D eigenvalue weighted by Crippen LogP contribution is 2.44. The molecule has 1 aliphatic rings. The lowest BCUT2D eigenvalue weighted by atomic mass is 10.1. The van der Waals surface area contributed by atoms with E-state index in [0.29, 0.717) is 11.0 Å². The summed E-state index contributed by atoms with van der Waals surface area (Å²) in [4.78, 5) is 12.3. The molecule has 2 aromatic carbocycles. The predicted molar refractivity (Wildman–Crippen MR) is 104 cm³/mol. The van der Waals surface area contributed by atoms with E-state index in [9.17, 15) is 4.79 Å². The van der Waals surface area contributed by atoms with Gasteiger partial charge in [0.15, 0.2) is 0 Å². The van der Waals surface area contributed by atoms with Gasteiger partial charge in [-0.1, -0.05) is 24.3 Å². The van der Waals surface area contributed by atoms with Crippen molar-refractivity contribution in [3.63, 3.8) is 0 Å². The van der Waals surface area contributed by atoms with E-state index >= 15 is 0 Å². The molecular formula is C19H21NO2S2. The second kappa shape index (κ2) is 8.49. The third-order valence-electron chi connectivity index (χ3n) is 3.77. The molecule has 0 aromatic heterocycles. The Labute approximate surface area is 151 Å². The summed E-state index contributed by atoms with van der Waals surface area (Å²) in [6.45, 7) is 0. The number of methoxy groups -OCH3 is 1. The number of rotatable bonds is 5. The number of hydrogen-bond donors (Lipinski definition) is 1. The number of amides is 1. The third-order valence-corrected chi connectivity index (χ3v) is 6.78. The average Bonchev–Trinajstić information content (AvgIpc) is 2.63. The minimum Gasteiger partial charge on any atom is -0.497 e. The lowest BCUT2D eigenvalue weighted by molar-refractivity contribution is -0.115. The van der Waals surface area contributed by atoms with E-state index in [-0.39, 0.29) is 5.91 Å². The summed E-state index contributed by atoms with van der Waals surface area (Å²) in [7, 11) is 1.63. The van der Waals surface area contributed by atoms with Crippen molar-refractivity contribution in [2.24, 2.45) is 0 Å². The summed E-state index contributed by atoms with van der Waals surface area (Å²) in [6.07, 6.45) is 1.62. The largest absolute Gasteiger partial charge is 0.497 e. The number of carbonyl (C=O) groups is 1. The van der Waals surface area contributed by atoms with E-state index in [2.05, 4.69) is 17.4 Å². The number of carbonyl (C=O) groups excluding carboxylic acids is 1. The Kier molecular flexibility index (Phi) is 6.10. The Morgan fingerprint density at radius 3 is 2.75 bits per heavy atom. The van der Waals surface area contributed by atoms with Crippen molar-refractivity contribution in [2.45, 2.75) is 17.4 Å². The maximum Gasteiger partial charge on any atom is 0.228 e. The highest BCUT2D eigenvalue weighted by Gasteiger charge is 2.17. The SMILES string of the molecule is COc1cccc(CC(=O)Nc2cccc(C3SCCCS3)c2)c1. The Hall–Kier alpha value is -1.59. The number of ether oxygens (including phenoxy) is 1. The summed E-state index contributed by atoms with van der Waals surface area (Å²) < 4.78 is 5.68. The van der Waals surface area contributed by atoms with Crippen molar-refractivity contribution in [3.05, 3.63) is 59.7 Å². The summed E-state index contributed by atoms with van der Waals surface area (Å²) in [5, 5.41) is 3.01. The van der Waals surface area contributed by atoms with Crippen LogP contribution in [0.25, 0.3) is 0 Å². The molecule has 24 heavy (non-hydrogen) atoms. The number of benzene rings is 2. The monoisotopic (exact) mass is 359 g/mol. The van der Waals surface area contributed by atoms with Crippen molar-refractivity contribution in [1.82, 2.24) is 0 Å². The highest BCUT2D eigenvalue weighted by molar-refractivity contribution is 8.16. The number of thioether (sulfide) groups is 2. The first-order chi connectivity index (χ1) is 11.7. The zero-order chi connectivity index (χ0) is 16.8. The fraction of sp³-hybridized carbons (Fsp3) is 0.316. The molecule has 0 saturated carbocycles. The number of nitrogens with one attached hydrogen (secondary N) is 1. The molecule has 0 radical (unpaired) electrons. The zero-order valence-corrected chi connectivity index (χ0v) is 15.3. The van der Waals surface area contributed by atoms with Gasteiger partial charge in [-0.2, -0.15) is 0 Å². The molecular weight excluding hydrogens is 338 g/mol. The van der Waals surface area contributed by atoms with Crippen LogP contribution in [0.4, 0.5) is 5.69 Å². The molecule has 0 aliphatic carbocycles.